The molecule has 0 bridgehead atoms. The van der Waals surface area contributed by atoms with Crippen molar-refractivity contribution >= 4 is 57.4 Å². The largest absolute Gasteiger partial charge is 0.355 e. The molecule has 0 aromatic heterocycles. The molecular weight excluding hydrogens is 735 g/mol. The average Bonchev–Trinajstić information content (AvgIpc) is 3.34. The van der Waals surface area contributed by atoms with E-state index in [0.29, 0.717) is 0 Å². The van der Waals surface area contributed by atoms with Crippen LogP contribution in [0.1, 0.15) is 0 Å². The Labute approximate surface area is 358 Å². The molecule has 0 amide bonds. The molecule has 10 aromatic rings. The maximum Gasteiger partial charge on any atom is 0.198 e. The first-order valence-corrected chi connectivity index (χ1v) is 21.0. The predicted molar refractivity (Wildman–Crippen MR) is 262 cm³/mol. The zero-order chi connectivity index (χ0) is 40.5. The van der Waals surface area contributed by atoms with Crippen LogP contribution in [0.15, 0.2) is 237 Å². The summed E-state index contributed by atoms with van der Waals surface area (Å²) in [4.78, 5) is 2.49. The second-order valence-electron chi connectivity index (χ2n) is 15.8. The molecule has 1 aliphatic rings. The quantitative estimate of drug-likeness (QED) is 0.155. The fourth-order valence-corrected chi connectivity index (χ4v) is 9.05. The lowest BCUT2D eigenvalue weighted by Crippen LogP contribution is -2.41. The van der Waals surface area contributed by atoms with Crippen LogP contribution < -0.4 is 21.1 Å². The molecule has 0 saturated carbocycles. The normalized spacial score (nSPS) is 11.7. The van der Waals surface area contributed by atoms with Crippen molar-refractivity contribution in [1.29, 1.82) is 0 Å². The van der Waals surface area contributed by atoms with Crippen molar-refractivity contribution in [2.45, 2.75) is 0 Å². The van der Waals surface area contributed by atoms with Crippen molar-refractivity contribution in [2.24, 2.45) is 0 Å². The van der Waals surface area contributed by atoms with E-state index in [1.807, 2.05) is 0 Å². The first kappa shape index (κ1) is 36.2. The molecule has 0 radical (unpaired) electrons. The van der Waals surface area contributed by atoms with Crippen molar-refractivity contribution in [1.82, 2.24) is 0 Å². The first-order chi connectivity index (χ1) is 30.2. The number of nitrogens with one attached hydrogen (secondary N) is 1. The van der Waals surface area contributed by atoms with Gasteiger partial charge in [0.25, 0.3) is 0 Å². The molecule has 0 fully saturated rings. The molecule has 0 aliphatic carbocycles. The van der Waals surface area contributed by atoms with Crippen molar-refractivity contribution in [3.05, 3.63) is 237 Å². The van der Waals surface area contributed by atoms with Gasteiger partial charge in [-0.05, 0) is 115 Å². The van der Waals surface area contributed by atoms with Gasteiger partial charge in [0.15, 0.2) is 7.28 Å². The minimum absolute atomic E-state index is 0.783. The lowest BCUT2D eigenvalue weighted by Gasteiger charge is -2.36. The van der Waals surface area contributed by atoms with E-state index in [-0.39, 0.29) is 0 Å². The van der Waals surface area contributed by atoms with Crippen LogP contribution in [0.4, 0.5) is 28.4 Å². The van der Waals surface area contributed by atoms with Crippen LogP contribution in [0, 0.1) is 0 Å². The van der Waals surface area contributed by atoms with Gasteiger partial charge in [0.05, 0.1) is 0 Å². The van der Waals surface area contributed by atoms with Crippen LogP contribution in [0.2, 0.25) is 0 Å². The molecular formula is C58H41BN2. The molecule has 2 nitrogen and oxygen atoms in total. The summed E-state index contributed by atoms with van der Waals surface area (Å²) in [6.45, 7) is 0. The molecule has 3 heteroatoms. The minimum atomic E-state index is 0.783. The van der Waals surface area contributed by atoms with Crippen LogP contribution in [0.3, 0.4) is 0 Å². The molecule has 0 unspecified atom stereocenters. The summed E-state index contributed by atoms with van der Waals surface area (Å²) in [6.07, 6.45) is 0. The maximum atomic E-state index is 3.90. The van der Waals surface area contributed by atoms with Crippen LogP contribution >= 0.6 is 0 Å². The van der Waals surface area contributed by atoms with Gasteiger partial charge < -0.3 is 10.2 Å². The molecule has 286 valence electrons. The van der Waals surface area contributed by atoms with Crippen molar-refractivity contribution < 1.29 is 0 Å². The van der Waals surface area contributed by atoms with Crippen LogP contribution in [-0.4, -0.2) is 7.28 Å². The summed E-state index contributed by atoms with van der Waals surface area (Å²) in [5.41, 5.74) is 20.3. The number of hydrogen-bond acceptors (Lipinski definition) is 2. The summed E-state index contributed by atoms with van der Waals surface area (Å²) in [5.74, 6) is 0. The molecule has 11 rings (SSSR count). The van der Waals surface area contributed by atoms with Gasteiger partial charge >= 0.3 is 0 Å². The SMILES string of the molecule is B1c2cc(-c3ccccc3)ccc2N(c2ccc(-c3ccccc3)cc2)c2cc3ccccc3c(-c3cc(-c4ccccc4)ccc3Nc3ccc(-c4ccccc4)cc3)c21. The number of fused-ring (bicyclic) bond motifs is 3. The highest BCUT2D eigenvalue weighted by molar-refractivity contribution is 6.74. The molecule has 0 spiro atoms. The first-order valence-electron chi connectivity index (χ1n) is 21.0. The lowest BCUT2D eigenvalue weighted by molar-refractivity contribution is 1.30. The predicted octanol–water partition coefficient (Wildman–Crippen LogP) is 14.1. The molecule has 0 atom stereocenters. The minimum Gasteiger partial charge on any atom is -0.355 e. The number of nitrogens with zero attached hydrogens (tertiary/aromatic N) is 1. The topological polar surface area (TPSA) is 15.3 Å². The van der Waals surface area contributed by atoms with E-state index in [1.165, 1.54) is 88.7 Å². The van der Waals surface area contributed by atoms with E-state index in [0.717, 1.165) is 24.3 Å². The third kappa shape index (κ3) is 6.96. The molecule has 1 N–H and O–H groups in total. The highest BCUT2D eigenvalue weighted by atomic mass is 15.1. The highest BCUT2D eigenvalue weighted by Crippen LogP contribution is 2.44. The lowest BCUT2D eigenvalue weighted by atomic mass is 9.57. The van der Waals surface area contributed by atoms with Crippen LogP contribution in [-0.2, 0) is 0 Å². The summed E-state index contributed by atoms with van der Waals surface area (Å²) < 4.78 is 0. The van der Waals surface area contributed by atoms with E-state index in [9.17, 15) is 0 Å². The third-order valence-electron chi connectivity index (χ3n) is 12.1. The standard InChI is InChI=1S/C58H41BN2/c1-5-15-40(16-6-1)44-25-31-49(32-26-44)60-54-35-29-46(42-19-9-3-10-20-42)37-52(54)57-51-24-14-13-23-48(51)39-56-58(57)59-53-38-47(43-21-11-4-12-22-43)30-36-55(53)61(56)50-33-27-45(28-34-50)41-17-7-2-8-18-41/h1-39,59-60H. The summed E-state index contributed by atoms with van der Waals surface area (Å²) in [5, 5.41) is 6.34. The maximum absolute atomic E-state index is 3.90. The Morgan fingerprint density at radius 1 is 0.361 bits per heavy atom. The Balaban J connectivity index is 1.13. The summed E-state index contributed by atoms with van der Waals surface area (Å²) in [7, 11) is 0.783. The van der Waals surface area contributed by atoms with Gasteiger partial charge in [0, 0.05) is 34.0 Å². The fraction of sp³-hybridized carbons (Fsp3) is 0. The third-order valence-corrected chi connectivity index (χ3v) is 12.1. The average molecular weight is 777 g/mol. The Hall–Kier alpha value is -7.88. The Kier molecular flexibility index (Phi) is 9.33. The van der Waals surface area contributed by atoms with Crippen LogP contribution in [0.25, 0.3) is 66.4 Å². The monoisotopic (exact) mass is 776 g/mol. The highest BCUT2D eigenvalue weighted by Gasteiger charge is 2.30. The molecule has 1 heterocycles. The van der Waals surface area contributed by atoms with Crippen molar-refractivity contribution in [3.8, 4) is 55.6 Å². The molecule has 1 aliphatic heterocycles. The van der Waals surface area contributed by atoms with Crippen molar-refractivity contribution in [3.63, 3.8) is 0 Å². The fourth-order valence-electron chi connectivity index (χ4n) is 9.05. The zero-order valence-corrected chi connectivity index (χ0v) is 33.7. The van der Waals surface area contributed by atoms with Gasteiger partial charge in [0.2, 0.25) is 0 Å². The summed E-state index contributed by atoms with van der Waals surface area (Å²) >= 11 is 0. The van der Waals surface area contributed by atoms with E-state index in [4.69, 9.17) is 0 Å². The number of rotatable bonds is 8. The number of anilines is 5. The van der Waals surface area contributed by atoms with Gasteiger partial charge in [-0.2, -0.15) is 0 Å². The molecule has 61 heavy (non-hydrogen) atoms. The smallest absolute Gasteiger partial charge is 0.198 e. The number of benzene rings is 10. The van der Waals surface area contributed by atoms with E-state index < -0.39 is 0 Å². The second kappa shape index (κ2) is 15.7. The van der Waals surface area contributed by atoms with Gasteiger partial charge in [-0.3, -0.25) is 0 Å². The Morgan fingerprint density at radius 3 is 1.44 bits per heavy atom. The van der Waals surface area contributed by atoms with Gasteiger partial charge in [-0.15, -0.1) is 0 Å². The number of hydrogen-bond donors (Lipinski definition) is 1. The molecule has 10 aromatic carbocycles. The van der Waals surface area contributed by atoms with Gasteiger partial charge in [-0.1, -0.05) is 194 Å². The Morgan fingerprint density at radius 2 is 0.836 bits per heavy atom. The van der Waals surface area contributed by atoms with Gasteiger partial charge in [-0.25, -0.2) is 0 Å². The van der Waals surface area contributed by atoms with E-state index >= 15 is 0 Å². The summed E-state index contributed by atoms with van der Waals surface area (Å²) in [6, 6.07) is 85.8. The van der Waals surface area contributed by atoms with Crippen molar-refractivity contribution in [2.75, 3.05) is 10.2 Å². The van der Waals surface area contributed by atoms with E-state index in [1.54, 1.807) is 0 Å². The Bertz CT molecular complexity index is 3150. The zero-order valence-electron chi connectivity index (χ0n) is 33.7. The van der Waals surface area contributed by atoms with Gasteiger partial charge in [0.1, 0.15) is 0 Å². The van der Waals surface area contributed by atoms with E-state index in [2.05, 4.69) is 247 Å². The molecule has 0 saturated heterocycles. The second-order valence-corrected chi connectivity index (χ2v) is 15.8. The van der Waals surface area contributed by atoms with Crippen LogP contribution in [0.5, 0.6) is 0 Å².